The molecule has 3 unspecified atom stereocenters. The quantitative estimate of drug-likeness (QED) is 0.714. The Labute approximate surface area is 155 Å². The van der Waals surface area contributed by atoms with Gasteiger partial charge in [-0.25, -0.2) is 10.9 Å². The lowest BCUT2D eigenvalue weighted by Crippen LogP contribution is -2.44. The molecule has 0 bridgehead atoms. The van der Waals surface area contributed by atoms with Crippen molar-refractivity contribution in [2.75, 3.05) is 19.7 Å². The fourth-order valence-corrected chi connectivity index (χ4v) is 3.92. The summed E-state index contributed by atoms with van der Waals surface area (Å²) in [6.07, 6.45) is 2.71. The van der Waals surface area contributed by atoms with E-state index in [0.29, 0.717) is 12.1 Å². The number of benzene rings is 2. The summed E-state index contributed by atoms with van der Waals surface area (Å²) < 4.78 is 5.90. The number of hydrogen-bond donors (Lipinski definition) is 3. The predicted octanol–water partition coefficient (Wildman–Crippen LogP) is 2.39. The van der Waals surface area contributed by atoms with E-state index in [1.165, 1.54) is 24.0 Å². The van der Waals surface area contributed by atoms with Crippen LogP contribution in [0.5, 0.6) is 0 Å². The molecule has 0 radical (unpaired) electrons. The standard InChI is InChI=1S/C21H28N4O/c1-3-8-17(9-4-1)14-25(15-19-12-7-13-26-19)16-20-21(23-24-22-20)18-10-5-2-6-11-18/h1-6,8-11,19-24H,7,12-16H2. The second-order valence-corrected chi connectivity index (χ2v) is 7.22. The Hall–Kier alpha value is -1.76. The fraction of sp³-hybridized carbons (Fsp3) is 0.429. The van der Waals surface area contributed by atoms with Crippen molar-refractivity contribution in [1.82, 2.24) is 21.3 Å². The van der Waals surface area contributed by atoms with Crippen LogP contribution in [0, 0.1) is 0 Å². The molecule has 0 spiro atoms. The SMILES string of the molecule is c1ccc(CN(CC2CCCO2)CC2NNNC2c2ccccc2)cc1. The molecule has 0 aromatic heterocycles. The van der Waals surface area contributed by atoms with Crippen LogP contribution in [0.4, 0.5) is 0 Å². The van der Waals surface area contributed by atoms with Gasteiger partial charge in [0, 0.05) is 26.2 Å². The average molecular weight is 352 g/mol. The summed E-state index contributed by atoms with van der Waals surface area (Å²) in [4.78, 5) is 2.52. The summed E-state index contributed by atoms with van der Waals surface area (Å²) in [5, 5.41) is 0. The van der Waals surface area contributed by atoms with E-state index in [9.17, 15) is 0 Å². The first-order chi connectivity index (χ1) is 12.9. The molecule has 2 aromatic rings. The lowest BCUT2D eigenvalue weighted by Gasteiger charge is -2.29. The molecule has 138 valence electrons. The highest BCUT2D eigenvalue weighted by atomic mass is 16.5. The highest BCUT2D eigenvalue weighted by Crippen LogP contribution is 2.21. The second-order valence-electron chi connectivity index (χ2n) is 7.22. The van der Waals surface area contributed by atoms with Crippen molar-refractivity contribution in [3.63, 3.8) is 0 Å². The fourth-order valence-electron chi connectivity index (χ4n) is 3.92. The summed E-state index contributed by atoms with van der Waals surface area (Å²) in [7, 11) is 0. The molecule has 2 fully saturated rings. The smallest absolute Gasteiger partial charge is 0.0702 e. The zero-order valence-corrected chi connectivity index (χ0v) is 15.1. The number of hydrazine groups is 2. The zero-order chi connectivity index (χ0) is 17.6. The molecule has 2 aliphatic heterocycles. The van der Waals surface area contributed by atoms with E-state index in [4.69, 9.17) is 4.74 Å². The normalized spacial score (nSPS) is 25.8. The van der Waals surface area contributed by atoms with Gasteiger partial charge in [-0.2, -0.15) is 5.53 Å². The predicted molar refractivity (Wildman–Crippen MR) is 103 cm³/mol. The van der Waals surface area contributed by atoms with Gasteiger partial charge in [0.15, 0.2) is 0 Å². The second kappa shape index (κ2) is 8.75. The average Bonchev–Trinajstić information content (AvgIpc) is 3.35. The van der Waals surface area contributed by atoms with Crippen LogP contribution in [0.1, 0.15) is 30.0 Å². The maximum atomic E-state index is 5.90. The highest BCUT2D eigenvalue weighted by molar-refractivity contribution is 5.21. The van der Waals surface area contributed by atoms with Gasteiger partial charge in [0.05, 0.1) is 18.2 Å². The minimum atomic E-state index is 0.249. The number of nitrogens with zero attached hydrogens (tertiary/aromatic N) is 1. The first-order valence-corrected chi connectivity index (χ1v) is 9.57. The number of rotatable bonds is 7. The summed E-state index contributed by atoms with van der Waals surface area (Å²) in [6.45, 7) is 3.78. The third kappa shape index (κ3) is 4.50. The Bertz CT molecular complexity index is 660. The molecule has 5 nitrogen and oxygen atoms in total. The first-order valence-electron chi connectivity index (χ1n) is 9.57. The maximum Gasteiger partial charge on any atom is 0.0702 e. The van der Waals surface area contributed by atoms with E-state index < -0.39 is 0 Å². The Kier molecular flexibility index (Phi) is 5.94. The monoisotopic (exact) mass is 352 g/mol. The molecule has 2 aromatic carbocycles. The Morgan fingerprint density at radius 3 is 2.42 bits per heavy atom. The van der Waals surface area contributed by atoms with Crippen LogP contribution in [0.25, 0.3) is 0 Å². The number of ether oxygens (including phenoxy) is 1. The number of hydrogen-bond acceptors (Lipinski definition) is 5. The molecule has 0 amide bonds. The van der Waals surface area contributed by atoms with Gasteiger partial charge in [-0.1, -0.05) is 60.7 Å². The Morgan fingerprint density at radius 2 is 1.69 bits per heavy atom. The molecule has 0 saturated carbocycles. The third-order valence-electron chi connectivity index (χ3n) is 5.24. The van der Waals surface area contributed by atoms with E-state index >= 15 is 0 Å². The van der Waals surface area contributed by atoms with Crippen LogP contribution in [0.15, 0.2) is 60.7 Å². The summed E-state index contributed by atoms with van der Waals surface area (Å²) in [5.41, 5.74) is 12.5. The summed E-state index contributed by atoms with van der Waals surface area (Å²) in [6, 6.07) is 21.9. The van der Waals surface area contributed by atoms with Gasteiger partial charge in [0.25, 0.3) is 0 Å². The van der Waals surface area contributed by atoms with Crippen molar-refractivity contribution >= 4 is 0 Å². The van der Waals surface area contributed by atoms with Crippen molar-refractivity contribution in [2.24, 2.45) is 0 Å². The zero-order valence-electron chi connectivity index (χ0n) is 15.1. The minimum absolute atomic E-state index is 0.249. The van der Waals surface area contributed by atoms with Crippen LogP contribution in [0.2, 0.25) is 0 Å². The van der Waals surface area contributed by atoms with Crippen LogP contribution >= 0.6 is 0 Å². The Balaban J connectivity index is 1.45. The largest absolute Gasteiger partial charge is 0.377 e. The molecule has 26 heavy (non-hydrogen) atoms. The molecule has 3 N–H and O–H groups in total. The first kappa shape index (κ1) is 17.6. The minimum Gasteiger partial charge on any atom is -0.377 e. The summed E-state index contributed by atoms with van der Waals surface area (Å²) >= 11 is 0. The molecule has 4 rings (SSSR count). The van der Waals surface area contributed by atoms with E-state index in [2.05, 4.69) is 81.9 Å². The topological polar surface area (TPSA) is 48.6 Å². The molecular formula is C21H28N4O. The summed E-state index contributed by atoms with van der Waals surface area (Å²) in [5.74, 6) is 0. The Morgan fingerprint density at radius 1 is 0.923 bits per heavy atom. The van der Waals surface area contributed by atoms with Crippen molar-refractivity contribution in [2.45, 2.75) is 37.6 Å². The van der Waals surface area contributed by atoms with Gasteiger partial charge < -0.3 is 4.74 Å². The molecule has 2 saturated heterocycles. The van der Waals surface area contributed by atoms with Crippen LogP contribution in [-0.2, 0) is 11.3 Å². The van der Waals surface area contributed by atoms with E-state index in [-0.39, 0.29) is 6.04 Å². The van der Waals surface area contributed by atoms with Crippen molar-refractivity contribution < 1.29 is 4.74 Å². The van der Waals surface area contributed by atoms with E-state index in [1.54, 1.807) is 0 Å². The van der Waals surface area contributed by atoms with Crippen LogP contribution in [0.3, 0.4) is 0 Å². The van der Waals surface area contributed by atoms with Crippen molar-refractivity contribution in [3.05, 3.63) is 71.8 Å². The van der Waals surface area contributed by atoms with Gasteiger partial charge >= 0.3 is 0 Å². The van der Waals surface area contributed by atoms with Crippen LogP contribution < -0.4 is 16.4 Å². The molecule has 3 atom stereocenters. The molecule has 5 heteroatoms. The van der Waals surface area contributed by atoms with Gasteiger partial charge in [-0.3, -0.25) is 4.90 Å². The van der Waals surface area contributed by atoms with E-state index in [0.717, 1.165) is 26.2 Å². The molecular weight excluding hydrogens is 324 g/mol. The highest BCUT2D eigenvalue weighted by Gasteiger charge is 2.30. The van der Waals surface area contributed by atoms with Crippen molar-refractivity contribution in [1.29, 1.82) is 0 Å². The van der Waals surface area contributed by atoms with Crippen molar-refractivity contribution in [3.8, 4) is 0 Å². The van der Waals surface area contributed by atoms with Crippen LogP contribution in [-0.4, -0.2) is 36.7 Å². The third-order valence-corrected chi connectivity index (χ3v) is 5.24. The van der Waals surface area contributed by atoms with Gasteiger partial charge in [0.1, 0.15) is 0 Å². The van der Waals surface area contributed by atoms with E-state index in [1.807, 2.05) is 0 Å². The lowest BCUT2D eigenvalue weighted by molar-refractivity contribution is 0.0667. The van der Waals surface area contributed by atoms with Gasteiger partial charge in [-0.05, 0) is 24.0 Å². The maximum absolute atomic E-state index is 5.90. The molecule has 0 aliphatic carbocycles. The molecule has 2 aliphatic rings. The van der Waals surface area contributed by atoms with Gasteiger partial charge in [-0.15, -0.1) is 0 Å². The van der Waals surface area contributed by atoms with Gasteiger partial charge in [0.2, 0.25) is 0 Å². The number of nitrogens with one attached hydrogen (secondary N) is 3. The lowest BCUT2D eigenvalue weighted by atomic mass is 10.00. The molecule has 2 heterocycles.